The smallest absolute Gasteiger partial charge is 0.241 e. The summed E-state index contributed by atoms with van der Waals surface area (Å²) in [4.78, 5) is 14.6. The van der Waals surface area contributed by atoms with Gasteiger partial charge in [0.1, 0.15) is 0 Å². The van der Waals surface area contributed by atoms with Gasteiger partial charge in [-0.3, -0.25) is 10.1 Å². The zero-order valence-corrected chi connectivity index (χ0v) is 13.1. The van der Waals surface area contributed by atoms with E-state index in [-0.39, 0.29) is 12.2 Å². The van der Waals surface area contributed by atoms with Gasteiger partial charge in [0.2, 0.25) is 5.91 Å². The maximum absolute atomic E-state index is 12.5. The number of rotatable bonds is 8. The highest BCUT2D eigenvalue weighted by Gasteiger charge is 2.39. The van der Waals surface area contributed by atoms with Crippen molar-refractivity contribution in [1.29, 1.82) is 0 Å². The van der Waals surface area contributed by atoms with Crippen molar-refractivity contribution in [2.24, 2.45) is 0 Å². The number of carbonyl (C=O) groups is 1. The van der Waals surface area contributed by atoms with E-state index in [1.807, 2.05) is 11.8 Å². The quantitative estimate of drug-likeness (QED) is 0.737. The normalized spacial score (nSPS) is 25.8. The molecule has 0 bridgehead atoms. The van der Waals surface area contributed by atoms with Crippen LogP contribution in [0.4, 0.5) is 0 Å². The Kier molecular flexibility index (Phi) is 7.08. The molecule has 3 atom stereocenters. The number of hydrogen-bond acceptors (Lipinski definition) is 3. The van der Waals surface area contributed by atoms with Gasteiger partial charge in [0.25, 0.3) is 0 Å². The van der Waals surface area contributed by atoms with E-state index in [0.717, 1.165) is 37.9 Å². The topological polar surface area (TPSA) is 32.3 Å². The number of nitrogens with zero attached hydrogens (tertiary/aromatic N) is 1. The fourth-order valence-electron chi connectivity index (χ4n) is 2.67. The highest BCUT2D eigenvalue weighted by molar-refractivity contribution is 7.98. The van der Waals surface area contributed by atoms with E-state index >= 15 is 0 Å². The largest absolute Gasteiger partial charge is 0.322 e. The van der Waals surface area contributed by atoms with Gasteiger partial charge in [0, 0.05) is 11.8 Å². The second-order valence-electron chi connectivity index (χ2n) is 5.22. The van der Waals surface area contributed by atoms with Gasteiger partial charge in [0.05, 0.1) is 12.2 Å². The second kappa shape index (κ2) is 8.05. The third-order valence-corrected chi connectivity index (χ3v) is 4.39. The monoisotopic (exact) mass is 272 g/mol. The molecule has 1 heterocycles. The molecule has 1 rings (SSSR count). The minimum atomic E-state index is 0.0609. The lowest BCUT2D eigenvalue weighted by molar-refractivity contribution is -0.131. The number of thioether (sulfide) groups is 1. The van der Waals surface area contributed by atoms with Crippen LogP contribution in [-0.2, 0) is 4.79 Å². The van der Waals surface area contributed by atoms with Gasteiger partial charge in [-0.05, 0) is 26.0 Å². The molecule has 0 spiro atoms. The van der Waals surface area contributed by atoms with Crippen molar-refractivity contribution < 1.29 is 4.79 Å². The molecule has 0 aromatic carbocycles. The molecular weight excluding hydrogens is 244 g/mol. The van der Waals surface area contributed by atoms with Gasteiger partial charge in [-0.15, -0.1) is 0 Å². The molecule has 1 aliphatic heterocycles. The second-order valence-corrected chi connectivity index (χ2v) is 6.13. The first-order valence-corrected chi connectivity index (χ1v) is 8.62. The van der Waals surface area contributed by atoms with Crippen LogP contribution >= 0.6 is 11.8 Å². The van der Waals surface area contributed by atoms with Crippen LogP contribution in [0.15, 0.2) is 0 Å². The molecule has 0 aromatic rings. The summed E-state index contributed by atoms with van der Waals surface area (Å²) < 4.78 is 0. The maximum atomic E-state index is 12.5. The van der Waals surface area contributed by atoms with Gasteiger partial charge in [-0.2, -0.15) is 11.8 Å². The Morgan fingerprint density at radius 3 is 2.61 bits per heavy atom. The summed E-state index contributed by atoms with van der Waals surface area (Å²) in [5.74, 6) is 1.34. The molecule has 1 aliphatic rings. The molecule has 0 aromatic heterocycles. The molecule has 0 saturated carbocycles. The van der Waals surface area contributed by atoms with Crippen LogP contribution in [0.1, 0.15) is 52.9 Å². The molecule has 4 heteroatoms. The average molecular weight is 272 g/mol. The number of hydrogen-bond donors (Lipinski definition) is 1. The zero-order valence-electron chi connectivity index (χ0n) is 12.2. The van der Waals surface area contributed by atoms with Gasteiger partial charge in [-0.25, -0.2) is 0 Å². The van der Waals surface area contributed by atoms with E-state index < -0.39 is 0 Å². The molecule has 3 nitrogen and oxygen atoms in total. The summed E-state index contributed by atoms with van der Waals surface area (Å²) in [6, 6.07) is 0.397. The molecule has 1 N–H and O–H groups in total. The molecular formula is C14H28N2OS. The van der Waals surface area contributed by atoms with E-state index in [1.165, 1.54) is 0 Å². The summed E-state index contributed by atoms with van der Waals surface area (Å²) in [6.07, 6.45) is 7.82. The van der Waals surface area contributed by atoms with Crippen LogP contribution in [0.2, 0.25) is 0 Å². The highest BCUT2D eigenvalue weighted by atomic mass is 32.2. The summed E-state index contributed by atoms with van der Waals surface area (Å²) in [7, 11) is 0. The minimum absolute atomic E-state index is 0.0609. The molecule has 1 saturated heterocycles. The Balaban J connectivity index is 2.67. The summed E-state index contributed by atoms with van der Waals surface area (Å²) >= 11 is 1.82. The Labute approximate surface area is 116 Å². The van der Waals surface area contributed by atoms with Gasteiger partial charge >= 0.3 is 0 Å². The van der Waals surface area contributed by atoms with Crippen molar-refractivity contribution in [1.82, 2.24) is 10.2 Å². The first kappa shape index (κ1) is 15.8. The van der Waals surface area contributed by atoms with Crippen LogP contribution < -0.4 is 5.32 Å². The molecule has 106 valence electrons. The Bertz CT molecular complexity index is 260. The predicted molar refractivity (Wildman–Crippen MR) is 79.8 cm³/mol. The maximum Gasteiger partial charge on any atom is 0.241 e. The van der Waals surface area contributed by atoms with Crippen molar-refractivity contribution >= 4 is 17.7 Å². The molecule has 0 radical (unpaired) electrons. The summed E-state index contributed by atoms with van der Waals surface area (Å²) in [6.45, 7) is 6.53. The fraction of sp³-hybridized carbons (Fsp3) is 0.929. The van der Waals surface area contributed by atoms with Crippen molar-refractivity contribution in [3.8, 4) is 0 Å². The Morgan fingerprint density at radius 2 is 2.06 bits per heavy atom. The number of carbonyl (C=O) groups excluding carboxylic acids is 1. The Morgan fingerprint density at radius 1 is 1.33 bits per heavy atom. The zero-order chi connectivity index (χ0) is 13.5. The highest BCUT2D eigenvalue weighted by Crippen LogP contribution is 2.22. The van der Waals surface area contributed by atoms with Crippen LogP contribution in [0, 0.1) is 0 Å². The molecule has 0 aliphatic carbocycles. The van der Waals surface area contributed by atoms with Crippen molar-refractivity contribution in [2.75, 3.05) is 12.0 Å². The third kappa shape index (κ3) is 3.89. The van der Waals surface area contributed by atoms with E-state index in [9.17, 15) is 4.79 Å². The van der Waals surface area contributed by atoms with Crippen molar-refractivity contribution in [3.63, 3.8) is 0 Å². The van der Waals surface area contributed by atoms with E-state index in [0.29, 0.717) is 11.9 Å². The van der Waals surface area contributed by atoms with Gasteiger partial charge < -0.3 is 4.90 Å². The number of amides is 1. The van der Waals surface area contributed by atoms with E-state index in [2.05, 4.69) is 37.2 Å². The lowest BCUT2D eigenvalue weighted by atomic mass is 10.1. The molecule has 1 amide bonds. The lowest BCUT2D eigenvalue weighted by Crippen LogP contribution is -2.44. The first-order valence-electron chi connectivity index (χ1n) is 7.22. The molecule has 3 unspecified atom stereocenters. The molecule has 18 heavy (non-hydrogen) atoms. The molecule has 1 fully saturated rings. The third-order valence-electron chi connectivity index (χ3n) is 3.57. The van der Waals surface area contributed by atoms with Crippen LogP contribution in [-0.4, -0.2) is 41.1 Å². The summed E-state index contributed by atoms with van der Waals surface area (Å²) in [5, 5.41) is 3.53. The average Bonchev–Trinajstić information content (AvgIpc) is 2.64. The number of unbranched alkanes of at least 4 members (excludes halogenated alkanes) is 1. The van der Waals surface area contributed by atoms with Crippen LogP contribution in [0.25, 0.3) is 0 Å². The van der Waals surface area contributed by atoms with Crippen LogP contribution in [0.3, 0.4) is 0 Å². The van der Waals surface area contributed by atoms with Gasteiger partial charge in [0.15, 0.2) is 0 Å². The Hall–Kier alpha value is -0.220. The number of nitrogens with one attached hydrogen (secondary N) is 1. The van der Waals surface area contributed by atoms with Crippen molar-refractivity contribution in [3.05, 3.63) is 0 Å². The first-order chi connectivity index (χ1) is 8.65. The van der Waals surface area contributed by atoms with Crippen molar-refractivity contribution in [2.45, 2.75) is 71.1 Å². The lowest BCUT2D eigenvalue weighted by Gasteiger charge is -2.29. The van der Waals surface area contributed by atoms with E-state index in [4.69, 9.17) is 0 Å². The SMILES string of the molecule is CCCCC1NC(CCC)N(C(C)CSC)C1=O. The van der Waals surface area contributed by atoms with Crippen LogP contribution in [0.5, 0.6) is 0 Å². The standard InChI is InChI=1S/C14H28N2OS/c1-5-7-9-12-14(17)16(11(3)10-18-4)13(15-12)8-6-2/h11-13,15H,5-10H2,1-4H3. The predicted octanol–water partition coefficient (Wildman–Crippen LogP) is 2.85. The van der Waals surface area contributed by atoms with E-state index in [1.54, 1.807) is 0 Å². The minimum Gasteiger partial charge on any atom is -0.322 e. The summed E-state index contributed by atoms with van der Waals surface area (Å²) in [5.41, 5.74) is 0. The van der Waals surface area contributed by atoms with Gasteiger partial charge in [-0.1, -0.05) is 33.1 Å². The fourth-order valence-corrected chi connectivity index (χ4v) is 3.32.